The van der Waals surface area contributed by atoms with E-state index in [1.165, 1.54) is 4.68 Å². The number of benzene rings is 2. The number of hydrogen-bond donors (Lipinski definition) is 1. The molecule has 8 heteroatoms. The minimum atomic E-state index is -0.160. The lowest BCUT2D eigenvalue weighted by Gasteiger charge is -2.16. The molecule has 4 rings (SSSR count). The Bertz CT molecular complexity index is 1230. The summed E-state index contributed by atoms with van der Waals surface area (Å²) in [5.74, 6) is 0.632. The van der Waals surface area contributed by atoms with Gasteiger partial charge in [-0.1, -0.05) is 41.9 Å². The minimum Gasteiger partial charge on any atom is -0.295 e. The molecule has 0 aliphatic heterocycles. The zero-order valence-corrected chi connectivity index (χ0v) is 16.0. The third-order valence-corrected chi connectivity index (χ3v) is 5.11. The molecule has 0 fully saturated rings. The predicted molar refractivity (Wildman–Crippen MR) is 108 cm³/mol. The Hall–Kier alpha value is -2.77. The van der Waals surface area contributed by atoms with Gasteiger partial charge in [0.2, 0.25) is 0 Å². The molecule has 0 unspecified atom stereocenters. The van der Waals surface area contributed by atoms with Crippen LogP contribution in [0.3, 0.4) is 0 Å². The number of hydrogen-bond acceptors (Lipinski definition) is 4. The lowest BCUT2D eigenvalue weighted by molar-refractivity contribution is 0.545. The molecule has 6 nitrogen and oxygen atoms in total. The molecule has 0 aliphatic carbocycles. The van der Waals surface area contributed by atoms with Crippen molar-refractivity contribution in [3.63, 3.8) is 0 Å². The summed E-state index contributed by atoms with van der Waals surface area (Å²) in [5, 5.41) is 13.5. The van der Waals surface area contributed by atoms with Crippen LogP contribution in [0.4, 0.5) is 0 Å². The number of nitrogens with one attached hydrogen (secondary N) is 1. The SMILES string of the molecule is C[C@H](c1ccc(Cl)cc1)n1c(Cn2ncc3ccccc3c2=O)n[nH]c1=S. The van der Waals surface area contributed by atoms with Gasteiger partial charge >= 0.3 is 0 Å². The Kier molecular flexibility index (Phi) is 4.63. The molecule has 4 aromatic rings. The van der Waals surface area contributed by atoms with E-state index in [1.807, 2.05) is 54.0 Å². The van der Waals surface area contributed by atoms with Gasteiger partial charge in [0, 0.05) is 10.4 Å². The number of aromatic amines is 1. The van der Waals surface area contributed by atoms with E-state index in [1.54, 1.807) is 12.3 Å². The van der Waals surface area contributed by atoms with Crippen LogP contribution in [0.1, 0.15) is 24.4 Å². The topological polar surface area (TPSA) is 68.5 Å². The van der Waals surface area contributed by atoms with Gasteiger partial charge < -0.3 is 0 Å². The molecule has 27 heavy (non-hydrogen) atoms. The summed E-state index contributed by atoms with van der Waals surface area (Å²) in [6.45, 7) is 2.24. The van der Waals surface area contributed by atoms with E-state index >= 15 is 0 Å². The zero-order chi connectivity index (χ0) is 19.0. The smallest absolute Gasteiger partial charge is 0.275 e. The molecule has 1 atom stereocenters. The first kappa shape index (κ1) is 17.6. The van der Waals surface area contributed by atoms with Crippen molar-refractivity contribution in [2.45, 2.75) is 19.5 Å². The molecule has 0 amide bonds. The van der Waals surface area contributed by atoms with Crippen LogP contribution < -0.4 is 5.56 Å². The second-order valence-electron chi connectivity index (χ2n) is 6.24. The Labute approximate surface area is 165 Å². The lowest BCUT2D eigenvalue weighted by atomic mass is 10.1. The van der Waals surface area contributed by atoms with Crippen molar-refractivity contribution >= 4 is 34.6 Å². The van der Waals surface area contributed by atoms with Crippen LogP contribution in [0.15, 0.2) is 59.5 Å². The van der Waals surface area contributed by atoms with Crippen LogP contribution in [0, 0.1) is 4.77 Å². The van der Waals surface area contributed by atoms with E-state index in [0.717, 1.165) is 10.9 Å². The molecule has 2 aromatic carbocycles. The van der Waals surface area contributed by atoms with E-state index in [4.69, 9.17) is 23.8 Å². The standard InChI is InChI=1S/C19H16ClN5OS/c1-12(13-6-8-15(20)9-7-13)25-17(22-23-19(25)27)11-24-18(26)16-5-3-2-4-14(16)10-21-24/h2-10,12H,11H2,1H3,(H,23,27)/t12-/m1/s1. The van der Waals surface area contributed by atoms with Crippen LogP contribution in [0.2, 0.25) is 5.02 Å². The second-order valence-corrected chi connectivity index (χ2v) is 7.06. The molecular weight excluding hydrogens is 382 g/mol. The van der Waals surface area contributed by atoms with Crippen molar-refractivity contribution in [1.29, 1.82) is 0 Å². The summed E-state index contributed by atoms with van der Waals surface area (Å²) in [6.07, 6.45) is 1.69. The molecule has 0 bridgehead atoms. The number of nitrogens with zero attached hydrogens (tertiary/aromatic N) is 4. The molecule has 1 N–H and O–H groups in total. The largest absolute Gasteiger partial charge is 0.295 e. The molecule has 0 saturated carbocycles. The van der Waals surface area contributed by atoms with Gasteiger partial charge in [0.1, 0.15) is 6.54 Å². The molecular formula is C19H16ClN5OS. The average Bonchev–Trinajstić information content (AvgIpc) is 3.04. The maximum atomic E-state index is 12.7. The molecule has 2 aromatic heterocycles. The summed E-state index contributed by atoms with van der Waals surface area (Å²) in [6, 6.07) is 14.9. The van der Waals surface area contributed by atoms with Crippen LogP contribution >= 0.6 is 23.8 Å². The third kappa shape index (κ3) is 3.31. The highest BCUT2D eigenvalue weighted by Gasteiger charge is 2.16. The first-order valence-corrected chi connectivity index (χ1v) is 9.19. The Balaban J connectivity index is 1.74. The summed E-state index contributed by atoms with van der Waals surface area (Å²) >= 11 is 11.4. The Morgan fingerprint density at radius 1 is 1.19 bits per heavy atom. The lowest BCUT2D eigenvalue weighted by Crippen LogP contribution is -2.25. The van der Waals surface area contributed by atoms with Gasteiger partial charge in [-0.2, -0.15) is 10.2 Å². The minimum absolute atomic E-state index is 0.0697. The Morgan fingerprint density at radius 3 is 2.70 bits per heavy atom. The van der Waals surface area contributed by atoms with E-state index in [2.05, 4.69) is 15.3 Å². The third-order valence-electron chi connectivity index (χ3n) is 4.57. The molecule has 0 saturated heterocycles. The van der Waals surface area contributed by atoms with Crippen molar-refractivity contribution in [2.24, 2.45) is 0 Å². The number of halogens is 1. The maximum absolute atomic E-state index is 12.7. The number of aromatic nitrogens is 5. The van der Waals surface area contributed by atoms with Crippen molar-refractivity contribution in [3.05, 3.63) is 86.3 Å². The quantitative estimate of drug-likeness (QED) is 0.529. The van der Waals surface area contributed by atoms with Crippen LogP contribution in [0.5, 0.6) is 0 Å². The first-order chi connectivity index (χ1) is 13.0. The molecule has 0 spiro atoms. The van der Waals surface area contributed by atoms with Crippen LogP contribution in [-0.4, -0.2) is 24.5 Å². The van der Waals surface area contributed by atoms with Gasteiger partial charge in [0.15, 0.2) is 10.6 Å². The van der Waals surface area contributed by atoms with Gasteiger partial charge in [-0.25, -0.2) is 4.68 Å². The van der Waals surface area contributed by atoms with Gasteiger partial charge in [-0.05, 0) is 42.9 Å². The number of H-pyrrole nitrogens is 1. The summed E-state index contributed by atoms with van der Waals surface area (Å²) in [4.78, 5) is 12.7. The number of rotatable bonds is 4. The fourth-order valence-electron chi connectivity index (χ4n) is 3.11. The summed E-state index contributed by atoms with van der Waals surface area (Å²) in [5.41, 5.74) is 0.879. The average molecular weight is 398 g/mol. The summed E-state index contributed by atoms with van der Waals surface area (Å²) < 4.78 is 3.78. The maximum Gasteiger partial charge on any atom is 0.275 e. The highest BCUT2D eigenvalue weighted by molar-refractivity contribution is 7.71. The van der Waals surface area contributed by atoms with Gasteiger partial charge in [0.05, 0.1) is 17.6 Å². The Morgan fingerprint density at radius 2 is 1.93 bits per heavy atom. The zero-order valence-electron chi connectivity index (χ0n) is 14.5. The van der Waals surface area contributed by atoms with Crippen molar-refractivity contribution in [3.8, 4) is 0 Å². The predicted octanol–water partition coefficient (Wildman–Crippen LogP) is 3.96. The molecule has 0 radical (unpaired) electrons. The van der Waals surface area contributed by atoms with Crippen LogP contribution in [-0.2, 0) is 6.54 Å². The fourth-order valence-corrected chi connectivity index (χ4v) is 3.55. The first-order valence-electron chi connectivity index (χ1n) is 8.40. The van der Waals surface area contributed by atoms with Gasteiger partial charge in [-0.3, -0.25) is 14.5 Å². The second kappa shape index (κ2) is 7.09. The van der Waals surface area contributed by atoms with E-state index in [0.29, 0.717) is 21.0 Å². The van der Waals surface area contributed by atoms with Gasteiger partial charge in [-0.15, -0.1) is 0 Å². The number of fused-ring (bicyclic) bond motifs is 1. The highest BCUT2D eigenvalue weighted by atomic mass is 35.5. The van der Waals surface area contributed by atoms with Gasteiger partial charge in [0.25, 0.3) is 5.56 Å². The van der Waals surface area contributed by atoms with E-state index < -0.39 is 0 Å². The molecule has 136 valence electrons. The van der Waals surface area contributed by atoms with Crippen molar-refractivity contribution in [1.82, 2.24) is 24.5 Å². The summed E-state index contributed by atoms with van der Waals surface area (Å²) in [7, 11) is 0. The van der Waals surface area contributed by atoms with E-state index in [-0.39, 0.29) is 18.1 Å². The van der Waals surface area contributed by atoms with Crippen molar-refractivity contribution < 1.29 is 0 Å². The van der Waals surface area contributed by atoms with Crippen LogP contribution in [0.25, 0.3) is 10.8 Å². The highest BCUT2D eigenvalue weighted by Crippen LogP contribution is 2.22. The molecule has 0 aliphatic rings. The molecule has 2 heterocycles. The van der Waals surface area contributed by atoms with Crippen molar-refractivity contribution in [2.75, 3.05) is 0 Å². The monoisotopic (exact) mass is 397 g/mol. The fraction of sp³-hybridized carbons (Fsp3) is 0.158. The normalized spacial score (nSPS) is 12.4. The van der Waals surface area contributed by atoms with E-state index in [9.17, 15) is 4.79 Å².